The third kappa shape index (κ3) is 8.18. The second kappa shape index (κ2) is 11.4. The molecular formula is C16H24N2O5. The number of aliphatic hydroxyl groups excluding tert-OH is 1. The van der Waals surface area contributed by atoms with Gasteiger partial charge in [0.15, 0.2) is 0 Å². The third-order valence-electron chi connectivity index (χ3n) is 2.94. The van der Waals surface area contributed by atoms with Gasteiger partial charge in [-0.25, -0.2) is 4.79 Å². The Morgan fingerprint density at radius 2 is 1.91 bits per heavy atom. The maximum absolute atomic E-state index is 12.3. The first-order chi connectivity index (χ1) is 11.2. The summed E-state index contributed by atoms with van der Waals surface area (Å²) in [6.45, 7) is 3.03. The molecule has 0 aromatic heterocycles. The smallest absolute Gasteiger partial charge is 0.321 e. The van der Waals surface area contributed by atoms with E-state index in [1.54, 1.807) is 19.1 Å². The number of nitrogens with one attached hydrogen (secondary N) is 1. The number of para-hydroxylation sites is 1. The monoisotopic (exact) mass is 324 g/mol. The topological polar surface area (TPSA) is 88.1 Å². The third-order valence-corrected chi connectivity index (χ3v) is 2.94. The second-order valence-corrected chi connectivity index (χ2v) is 4.67. The van der Waals surface area contributed by atoms with Crippen LogP contribution < -0.4 is 5.32 Å². The van der Waals surface area contributed by atoms with E-state index in [4.69, 9.17) is 14.6 Å². The number of hydrogen-bond acceptors (Lipinski definition) is 5. The molecule has 23 heavy (non-hydrogen) atoms. The quantitative estimate of drug-likeness (QED) is 0.503. The van der Waals surface area contributed by atoms with Crippen LogP contribution in [0.1, 0.15) is 13.3 Å². The van der Waals surface area contributed by atoms with Crippen molar-refractivity contribution in [2.45, 2.75) is 13.3 Å². The lowest BCUT2D eigenvalue weighted by Gasteiger charge is -2.22. The van der Waals surface area contributed by atoms with E-state index in [1.807, 2.05) is 18.2 Å². The predicted molar refractivity (Wildman–Crippen MR) is 86.2 cm³/mol. The first-order valence-electron chi connectivity index (χ1n) is 7.62. The standard InChI is InChI=1S/C16H24N2O5/c1-2-23-15(20)8-9-18(10-12-22-13-11-19)16(21)17-14-6-4-3-5-7-14/h3-7,19H,2,8-13H2,1H3,(H,17,21). The normalized spacial score (nSPS) is 10.2. The Morgan fingerprint density at radius 1 is 1.17 bits per heavy atom. The lowest BCUT2D eigenvalue weighted by atomic mass is 10.3. The molecule has 1 aromatic rings. The molecule has 0 unspecified atom stereocenters. The van der Waals surface area contributed by atoms with Crippen molar-refractivity contribution in [3.63, 3.8) is 0 Å². The average Bonchev–Trinajstić information content (AvgIpc) is 2.55. The fraction of sp³-hybridized carbons (Fsp3) is 0.500. The molecule has 2 amide bonds. The minimum atomic E-state index is -0.346. The van der Waals surface area contributed by atoms with E-state index >= 15 is 0 Å². The molecule has 0 atom stereocenters. The number of aliphatic hydroxyl groups is 1. The van der Waals surface area contributed by atoms with Crippen LogP contribution in [0.2, 0.25) is 0 Å². The molecule has 0 aliphatic heterocycles. The highest BCUT2D eigenvalue weighted by Gasteiger charge is 2.15. The van der Waals surface area contributed by atoms with Gasteiger partial charge in [-0.15, -0.1) is 0 Å². The number of nitrogens with zero attached hydrogens (tertiary/aromatic N) is 1. The molecule has 0 spiro atoms. The van der Waals surface area contributed by atoms with Gasteiger partial charge in [-0.2, -0.15) is 0 Å². The maximum Gasteiger partial charge on any atom is 0.321 e. The van der Waals surface area contributed by atoms with E-state index in [9.17, 15) is 9.59 Å². The molecular weight excluding hydrogens is 300 g/mol. The zero-order chi connectivity index (χ0) is 16.9. The molecule has 0 aliphatic carbocycles. The van der Waals surface area contributed by atoms with Crippen molar-refractivity contribution < 1.29 is 24.2 Å². The largest absolute Gasteiger partial charge is 0.466 e. The molecule has 128 valence electrons. The summed E-state index contributed by atoms with van der Waals surface area (Å²) in [7, 11) is 0. The summed E-state index contributed by atoms with van der Waals surface area (Å²) in [5.74, 6) is -0.346. The molecule has 1 aromatic carbocycles. The maximum atomic E-state index is 12.3. The molecule has 0 saturated heterocycles. The summed E-state index contributed by atoms with van der Waals surface area (Å²) in [6, 6.07) is 8.75. The number of hydrogen-bond donors (Lipinski definition) is 2. The molecule has 7 heteroatoms. The van der Waals surface area contributed by atoms with Crippen molar-refractivity contribution >= 4 is 17.7 Å². The minimum Gasteiger partial charge on any atom is -0.466 e. The molecule has 0 saturated carbocycles. The predicted octanol–water partition coefficient (Wildman–Crippen LogP) is 1.48. The molecule has 1 rings (SSSR count). The van der Waals surface area contributed by atoms with Crippen LogP contribution in [0.4, 0.5) is 10.5 Å². The van der Waals surface area contributed by atoms with Crippen LogP contribution in [-0.4, -0.2) is 61.5 Å². The first kappa shape index (κ1) is 18.9. The zero-order valence-electron chi connectivity index (χ0n) is 13.4. The summed E-state index contributed by atoms with van der Waals surface area (Å²) in [4.78, 5) is 25.3. The molecule has 7 nitrogen and oxygen atoms in total. The highest BCUT2D eigenvalue weighted by molar-refractivity contribution is 5.89. The number of ether oxygens (including phenoxy) is 2. The Hall–Kier alpha value is -2.12. The molecule has 0 bridgehead atoms. The summed E-state index contributed by atoms with van der Waals surface area (Å²) in [6.07, 6.45) is 0.121. The highest BCUT2D eigenvalue weighted by atomic mass is 16.5. The van der Waals surface area contributed by atoms with Gasteiger partial charge in [-0.05, 0) is 19.1 Å². The van der Waals surface area contributed by atoms with Crippen LogP contribution in [0.5, 0.6) is 0 Å². The minimum absolute atomic E-state index is 0.0704. The Labute approximate surface area is 136 Å². The Kier molecular flexibility index (Phi) is 9.42. The van der Waals surface area contributed by atoms with Gasteiger partial charge in [0, 0.05) is 18.8 Å². The Bertz CT molecular complexity index is 467. The van der Waals surface area contributed by atoms with Crippen molar-refractivity contribution in [3.05, 3.63) is 30.3 Å². The Balaban J connectivity index is 2.53. The van der Waals surface area contributed by atoms with Gasteiger partial charge in [-0.3, -0.25) is 4.79 Å². The van der Waals surface area contributed by atoms with Gasteiger partial charge >= 0.3 is 12.0 Å². The van der Waals surface area contributed by atoms with Crippen molar-refractivity contribution in [1.29, 1.82) is 0 Å². The summed E-state index contributed by atoms with van der Waals surface area (Å²) in [5.41, 5.74) is 0.676. The number of urea groups is 1. The summed E-state index contributed by atoms with van der Waals surface area (Å²) >= 11 is 0. The van der Waals surface area contributed by atoms with Crippen LogP contribution in [-0.2, 0) is 14.3 Å². The number of carbonyl (C=O) groups excluding carboxylic acids is 2. The number of anilines is 1. The van der Waals surface area contributed by atoms with Crippen LogP contribution in [0.25, 0.3) is 0 Å². The van der Waals surface area contributed by atoms with E-state index in [2.05, 4.69) is 5.32 Å². The van der Waals surface area contributed by atoms with Gasteiger partial charge < -0.3 is 24.8 Å². The number of amides is 2. The second-order valence-electron chi connectivity index (χ2n) is 4.67. The van der Waals surface area contributed by atoms with Crippen molar-refractivity contribution in [1.82, 2.24) is 4.90 Å². The number of benzene rings is 1. The molecule has 0 radical (unpaired) electrons. The molecule has 0 aliphatic rings. The van der Waals surface area contributed by atoms with E-state index in [0.29, 0.717) is 18.8 Å². The van der Waals surface area contributed by atoms with Gasteiger partial charge in [0.1, 0.15) is 0 Å². The number of carbonyl (C=O) groups is 2. The number of rotatable bonds is 10. The SMILES string of the molecule is CCOC(=O)CCN(CCOCCO)C(=O)Nc1ccccc1. The summed E-state index contributed by atoms with van der Waals surface area (Å²) < 4.78 is 10.1. The zero-order valence-corrected chi connectivity index (χ0v) is 13.4. The molecule has 2 N–H and O–H groups in total. The van der Waals surface area contributed by atoms with E-state index in [-0.39, 0.29) is 44.8 Å². The van der Waals surface area contributed by atoms with Crippen LogP contribution in [0, 0.1) is 0 Å². The van der Waals surface area contributed by atoms with E-state index in [0.717, 1.165) is 0 Å². The number of esters is 1. The Morgan fingerprint density at radius 3 is 2.57 bits per heavy atom. The lowest BCUT2D eigenvalue weighted by Crippen LogP contribution is -2.39. The fourth-order valence-corrected chi connectivity index (χ4v) is 1.84. The van der Waals surface area contributed by atoms with Crippen molar-refractivity contribution in [3.8, 4) is 0 Å². The van der Waals surface area contributed by atoms with E-state index in [1.165, 1.54) is 4.90 Å². The van der Waals surface area contributed by atoms with Crippen molar-refractivity contribution in [2.75, 3.05) is 44.8 Å². The van der Waals surface area contributed by atoms with Crippen molar-refractivity contribution in [2.24, 2.45) is 0 Å². The fourth-order valence-electron chi connectivity index (χ4n) is 1.84. The van der Waals surface area contributed by atoms with Crippen LogP contribution in [0.15, 0.2) is 30.3 Å². The molecule has 0 heterocycles. The average molecular weight is 324 g/mol. The first-order valence-corrected chi connectivity index (χ1v) is 7.62. The highest BCUT2D eigenvalue weighted by Crippen LogP contribution is 2.07. The van der Waals surface area contributed by atoms with Gasteiger partial charge in [0.05, 0.1) is 32.8 Å². The van der Waals surface area contributed by atoms with Crippen LogP contribution in [0.3, 0.4) is 0 Å². The van der Waals surface area contributed by atoms with E-state index < -0.39 is 0 Å². The van der Waals surface area contributed by atoms with Crippen LogP contribution >= 0.6 is 0 Å². The van der Waals surface area contributed by atoms with Gasteiger partial charge in [-0.1, -0.05) is 18.2 Å². The summed E-state index contributed by atoms with van der Waals surface area (Å²) in [5, 5.41) is 11.5. The molecule has 0 fully saturated rings. The lowest BCUT2D eigenvalue weighted by molar-refractivity contribution is -0.143. The van der Waals surface area contributed by atoms with Gasteiger partial charge in [0.25, 0.3) is 0 Å². The van der Waals surface area contributed by atoms with Gasteiger partial charge in [0.2, 0.25) is 0 Å².